The van der Waals surface area contributed by atoms with Crippen LogP contribution in [0.4, 0.5) is 0 Å². The Morgan fingerprint density at radius 1 is 0.462 bits per heavy atom. The lowest BCUT2D eigenvalue weighted by atomic mass is 9.90. The van der Waals surface area contributed by atoms with E-state index in [0.717, 1.165) is 83.0 Å². The van der Waals surface area contributed by atoms with E-state index < -0.39 is 9.84 Å². The van der Waals surface area contributed by atoms with Gasteiger partial charge in [-0.05, 0) is 162 Å². The van der Waals surface area contributed by atoms with Crippen LogP contribution in [-0.4, -0.2) is 8.42 Å². The molecule has 39 heavy (non-hydrogen) atoms. The van der Waals surface area contributed by atoms with Crippen molar-refractivity contribution in [2.45, 2.75) is 142 Å². The zero-order valence-electron chi connectivity index (χ0n) is 26.3. The summed E-state index contributed by atoms with van der Waals surface area (Å²) in [5.41, 5.74) is 10.9. The number of sulfone groups is 1. The van der Waals surface area contributed by atoms with Crippen molar-refractivity contribution in [3.63, 3.8) is 0 Å². The van der Waals surface area contributed by atoms with E-state index in [0.29, 0.717) is 9.79 Å². The Morgan fingerprint density at radius 3 is 1.03 bits per heavy atom. The fourth-order valence-electron chi connectivity index (χ4n) is 6.26. The van der Waals surface area contributed by atoms with E-state index in [1.165, 1.54) is 49.7 Å². The summed E-state index contributed by atoms with van der Waals surface area (Å²) >= 11 is 0. The highest BCUT2D eigenvalue weighted by Crippen LogP contribution is 2.39. The lowest BCUT2D eigenvalue weighted by Gasteiger charge is -2.24. The van der Waals surface area contributed by atoms with E-state index in [9.17, 15) is 8.42 Å². The van der Waals surface area contributed by atoms with E-state index >= 15 is 0 Å². The maximum Gasteiger partial charge on any atom is 0.207 e. The van der Waals surface area contributed by atoms with Crippen molar-refractivity contribution in [1.29, 1.82) is 0 Å². The smallest absolute Gasteiger partial charge is 0.207 e. The summed E-state index contributed by atoms with van der Waals surface area (Å²) in [6.45, 7) is 24.1. The molecule has 0 aromatic heterocycles. The van der Waals surface area contributed by atoms with Gasteiger partial charge in [0.25, 0.3) is 0 Å². The van der Waals surface area contributed by atoms with Crippen LogP contribution in [0.25, 0.3) is 0 Å². The van der Waals surface area contributed by atoms with Crippen LogP contribution in [-0.2, 0) is 22.7 Å². The van der Waals surface area contributed by atoms with E-state index in [4.69, 9.17) is 0 Å². The van der Waals surface area contributed by atoms with Gasteiger partial charge in [0.1, 0.15) is 0 Å². The molecule has 2 rings (SSSR count). The molecule has 2 aromatic rings. The second kappa shape index (κ2) is 15.0. The highest BCUT2D eigenvalue weighted by atomic mass is 32.2. The number of unbranched alkanes of at least 4 members (excludes halogenated alkanes) is 8. The summed E-state index contributed by atoms with van der Waals surface area (Å²) in [4.78, 5) is 1.04. The van der Waals surface area contributed by atoms with Crippen LogP contribution in [0.5, 0.6) is 0 Å². The minimum Gasteiger partial charge on any atom is -0.218 e. The topological polar surface area (TPSA) is 34.1 Å². The third-order valence-corrected chi connectivity index (χ3v) is 11.4. The largest absolute Gasteiger partial charge is 0.218 e. The molecular weight excluding hydrogens is 496 g/mol. The van der Waals surface area contributed by atoms with Crippen molar-refractivity contribution in [2.24, 2.45) is 0 Å². The molecule has 2 aromatic carbocycles. The third kappa shape index (κ3) is 7.54. The Labute approximate surface area is 240 Å². The molecule has 0 aliphatic rings. The fraction of sp³-hybridized carbons (Fsp3) is 0.556. The quantitative estimate of drug-likeness (QED) is 0.154. The molecule has 0 aliphatic carbocycles. The molecule has 0 heterocycles. The SMILES string of the molecule is C=CCCCCCCc1c(C)c(C)c(S(=O)(=O)c2c(C)c(C)c(CCCCCCC=C)c(C)c2C)c(C)c1C. The molecule has 0 unspecified atom stereocenters. The highest BCUT2D eigenvalue weighted by Gasteiger charge is 2.31. The van der Waals surface area contributed by atoms with E-state index in [1.54, 1.807) is 0 Å². The predicted molar refractivity (Wildman–Crippen MR) is 170 cm³/mol. The number of hydrogen-bond donors (Lipinski definition) is 0. The van der Waals surface area contributed by atoms with Gasteiger partial charge in [-0.2, -0.15) is 0 Å². The Balaban J connectivity index is 2.44. The Hall–Kier alpha value is -2.13. The molecule has 0 fully saturated rings. The maximum absolute atomic E-state index is 14.5. The van der Waals surface area contributed by atoms with E-state index in [1.807, 2.05) is 39.8 Å². The predicted octanol–water partition coefficient (Wildman–Crippen LogP) is 10.3. The van der Waals surface area contributed by atoms with Crippen molar-refractivity contribution in [1.82, 2.24) is 0 Å². The van der Waals surface area contributed by atoms with Crippen LogP contribution >= 0.6 is 0 Å². The van der Waals surface area contributed by atoms with E-state index in [2.05, 4.69) is 40.9 Å². The van der Waals surface area contributed by atoms with Crippen LogP contribution in [0.1, 0.15) is 120 Å². The average molecular weight is 551 g/mol. The molecule has 0 saturated heterocycles. The van der Waals surface area contributed by atoms with Crippen molar-refractivity contribution in [3.05, 3.63) is 80.9 Å². The second-order valence-electron chi connectivity index (χ2n) is 11.6. The van der Waals surface area contributed by atoms with Gasteiger partial charge in [0, 0.05) is 0 Å². The highest BCUT2D eigenvalue weighted by molar-refractivity contribution is 7.91. The van der Waals surface area contributed by atoms with Gasteiger partial charge >= 0.3 is 0 Å². The van der Waals surface area contributed by atoms with E-state index in [-0.39, 0.29) is 0 Å². The zero-order chi connectivity index (χ0) is 29.3. The van der Waals surface area contributed by atoms with Crippen LogP contribution in [0.2, 0.25) is 0 Å². The zero-order valence-corrected chi connectivity index (χ0v) is 27.1. The molecule has 0 aliphatic heterocycles. The van der Waals surface area contributed by atoms with Gasteiger partial charge in [-0.3, -0.25) is 0 Å². The van der Waals surface area contributed by atoms with Crippen molar-refractivity contribution < 1.29 is 8.42 Å². The molecule has 0 spiro atoms. The normalized spacial score (nSPS) is 11.7. The molecule has 0 bridgehead atoms. The minimum atomic E-state index is -3.67. The summed E-state index contributed by atoms with van der Waals surface area (Å²) < 4.78 is 28.9. The number of benzene rings is 2. The minimum absolute atomic E-state index is 0.521. The lowest BCUT2D eigenvalue weighted by Crippen LogP contribution is -2.16. The van der Waals surface area contributed by atoms with Gasteiger partial charge in [0.05, 0.1) is 9.79 Å². The molecule has 2 nitrogen and oxygen atoms in total. The molecule has 3 heteroatoms. The van der Waals surface area contributed by atoms with Crippen LogP contribution < -0.4 is 0 Å². The average Bonchev–Trinajstić information content (AvgIpc) is 2.89. The van der Waals surface area contributed by atoms with Gasteiger partial charge in [-0.1, -0.05) is 37.8 Å². The first-order valence-corrected chi connectivity index (χ1v) is 16.6. The van der Waals surface area contributed by atoms with Crippen LogP contribution in [0, 0.1) is 55.4 Å². The molecule has 0 saturated carbocycles. The van der Waals surface area contributed by atoms with Crippen molar-refractivity contribution in [2.75, 3.05) is 0 Å². The molecule has 0 amide bonds. The maximum atomic E-state index is 14.5. The second-order valence-corrected chi connectivity index (χ2v) is 13.4. The molecular formula is C36H54O2S. The van der Waals surface area contributed by atoms with Gasteiger partial charge in [0.15, 0.2) is 0 Å². The molecule has 0 atom stereocenters. The van der Waals surface area contributed by atoms with Gasteiger partial charge in [-0.15, -0.1) is 13.2 Å². The summed E-state index contributed by atoms with van der Waals surface area (Å²) in [6, 6.07) is 0. The Morgan fingerprint density at radius 2 is 0.744 bits per heavy atom. The third-order valence-electron chi connectivity index (χ3n) is 9.13. The monoisotopic (exact) mass is 550 g/mol. The number of rotatable bonds is 16. The van der Waals surface area contributed by atoms with Gasteiger partial charge in [0.2, 0.25) is 9.84 Å². The van der Waals surface area contributed by atoms with Crippen molar-refractivity contribution >= 4 is 9.84 Å². The van der Waals surface area contributed by atoms with Crippen molar-refractivity contribution in [3.8, 4) is 0 Å². The first-order chi connectivity index (χ1) is 18.4. The first kappa shape index (κ1) is 33.1. The number of allylic oxidation sites excluding steroid dienone is 2. The molecule has 0 radical (unpaired) electrons. The fourth-order valence-corrected chi connectivity index (χ4v) is 8.69. The van der Waals surface area contributed by atoms with Gasteiger partial charge < -0.3 is 0 Å². The number of hydrogen-bond acceptors (Lipinski definition) is 2. The summed E-state index contributed by atoms with van der Waals surface area (Å²) in [7, 11) is -3.67. The van der Waals surface area contributed by atoms with Gasteiger partial charge in [-0.25, -0.2) is 8.42 Å². The standard InChI is InChI=1S/C36H54O2S/c1-11-13-15-17-19-21-23-33-25(3)29(7)35(30(8)26(33)4)39(37,38)36-31(9)27(5)34(28(6)32(36)10)24-22-20-18-16-14-12-2/h11-12H,1-2,13-24H2,3-10H3. The Bertz CT molecular complexity index is 1130. The summed E-state index contributed by atoms with van der Waals surface area (Å²) in [5.74, 6) is 0. The van der Waals surface area contributed by atoms with Crippen LogP contribution in [0.3, 0.4) is 0 Å². The first-order valence-electron chi connectivity index (χ1n) is 15.1. The Kier molecular flexibility index (Phi) is 12.7. The summed E-state index contributed by atoms with van der Waals surface area (Å²) in [6.07, 6.45) is 17.7. The lowest BCUT2D eigenvalue weighted by molar-refractivity contribution is 0.592. The summed E-state index contributed by atoms with van der Waals surface area (Å²) in [5, 5.41) is 0. The van der Waals surface area contributed by atoms with Crippen LogP contribution in [0.15, 0.2) is 35.1 Å². The molecule has 0 N–H and O–H groups in total. The molecule has 216 valence electrons.